The highest BCUT2D eigenvalue weighted by molar-refractivity contribution is 6.32. The fourth-order valence-electron chi connectivity index (χ4n) is 2.49. The van der Waals surface area contributed by atoms with Gasteiger partial charge in [0.25, 0.3) is 5.91 Å². The predicted octanol–water partition coefficient (Wildman–Crippen LogP) is 4.14. The molecule has 0 heterocycles. The van der Waals surface area contributed by atoms with Gasteiger partial charge >= 0.3 is 0 Å². The van der Waals surface area contributed by atoms with E-state index in [-0.39, 0.29) is 23.2 Å². The third-order valence-corrected chi connectivity index (χ3v) is 4.16. The number of benzene rings is 2. The summed E-state index contributed by atoms with van der Waals surface area (Å²) in [4.78, 5) is 12.5. The minimum absolute atomic E-state index is 0.0362. The average molecular weight is 395 g/mol. The molecule has 0 spiro atoms. The molecule has 0 unspecified atom stereocenters. The molecular formula is C22H19ClN2O3. The lowest BCUT2D eigenvalue weighted by Crippen LogP contribution is -2.27. The van der Waals surface area contributed by atoms with Crippen molar-refractivity contribution in [3.8, 4) is 29.9 Å². The summed E-state index contributed by atoms with van der Waals surface area (Å²) in [6.45, 7) is 1.88. The quantitative estimate of drug-likeness (QED) is 0.435. The molecule has 1 atom stereocenters. The number of amides is 1. The number of nitrogens with zero attached hydrogens (tertiary/aromatic N) is 1. The minimum atomic E-state index is -0.485. The molecular weight excluding hydrogens is 376 g/mol. The monoisotopic (exact) mass is 394 g/mol. The molecule has 28 heavy (non-hydrogen) atoms. The molecule has 142 valence electrons. The van der Waals surface area contributed by atoms with Crippen LogP contribution in [0.2, 0.25) is 5.02 Å². The first-order chi connectivity index (χ1) is 13.5. The highest BCUT2D eigenvalue weighted by Crippen LogP contribution is 2.37. The van der Waals surface area contributed by atoms with Crippen LogP contribution < -0.4 is 14.8 Å². The number of terminal acetylenes is 1. The Morgan fingerprint density at radius 3 is 2.68 bits per heavy atom. The molecule has 6 heteroatoms. The number of nitriles is 1. The molecule has 2 rings (SSSR count). The molecule has 1 amide bonds. The summed E-state index contributed by atoms with van der Waals surface area (Å²) in [5, 5.41) is 12.5. The third-order valence-electron chi connectivity index (χ3n) is 3.87. The molecule has 0 saturated heterocycles. The zero-order valence-electron chi connectivity index (χ0n) is 15.5. The summed E-state index contributed by atoms with van der Waals surface area (Å²) in [5.74, 6) is 2.53. The number of hydrogen-bond acceptors (Lipinski definition) is 4. The van der Waals surface area contributed by atoms with Crippen molar-refractivity contribution in [2.24, 2.45) is 0 Å². The lowest BCUT2D eigenvalue weighted by molar-refractivity contribution is -0.117. The maximum Gasteiger partial charge on any atom is 0.262 e. The van der Waals surface area contributed by atoms with Crippen molar-refractivity contribution in [3.63, 3.8) is 0 Å². The maximum absolute atomic E-state index is 12.5. The van der Waals surface area contributed by atoms with Crippen LogP contribution >= 0.6 is 11.6 Å². The van der Waals surface area contributed by atoms with Crippen LogP contribution in [0.4, 0.5) is 0 Å². The van der Waals surface area contributed by atoms with Crippen molar-refractivity contribution < 1.29 is 14.3 Å². The van der Waals surface area contributed by atoms with Crippen LogP contribution in [0.15, 0.2) is 48.0 Å². The first-order valence-electron chi connectivity index (χ1n) is 8.41. The topological polar surface area (TPSA) is 71.3 Å². The fraction of sp³-hybridized carbons (Fsp3) is 0.182. The van der Waals surface area contributed by atoms with Crippen LogP contribution in [-0.2, 0) is 4.79 Å². The number of nitrogens with one attached hydrogen (secondary N) is 1. The van der Waals surface area contributed by atoms with Crippen molar-refractivity contribution in [2.45, 2.75) is 13.0 Å². The molecule has 0 aromatic heterocycles. The molecule has 0 bridgehead atoms. The van der Waals surface area contributed by atoms with Gasteiger partial charge in [0.05, 0.1) is 18.2 Å². The molecule has 2 aromatic rings. The molecule has 0 radical (unpaired) electrons. The van der Waals surface area contributed by atoms with Gasteiger partial charge in [0, 0.05) is 0 Å². The zero-order chi connectivity index (χ0) is 20.5. The number of ether oxygens (including phenoxy) is 2. The molecule has 0 fully saturated rings. The molecule has 5 nitrogen and oxygen atoms in total. The summed E-state index contributed by atoms with van der Waals surface area (Å²) in [6, 6.07) is 14.3. The van der Waals surface area contributed by atoms with Crippen LogP contribution in [0.3, 0.4) is 0 Å². The van der Waals surface area contributed by atoms with Crippen molar-refractivity contribution in [2.75, 3.05) is 13.7 Å². The average Bonchev–Trinajstić information content (AvgIpc) is 2.71. The van der Waals surface area contributed by atoms with E-state index < -0.39 is 5.91 Å². The number of halogens is 1. The Balaban J connectivity index is 2.26. The van der Waals surface area contributed by atoms with Gasteiger partial charge in [0.15, 0.2) is 11.5 Å². The third kappa shape index (κ3) is 5.30. The normalized spacial score (nSPS) is 11.7. The SMILES string of the molecule is C#CCOc1c(Cl)cc(/C=C(/C#N)C(=O)N[C@H](C)c2ccccc2)cc1OC. The van der Waals surface area contributed by atoms with E-state index in [1.54, 1.807) is 12.1 Å². The highest BCUT2D eigenvalue weighted by Gasteiger charge is 2.16. The number of rotatable bonds is 7. The maximum atomic E-state index is 12.5. The van der Waals surface area contributed by atoms with Crippen LogP contribution in [0, 0.1) is 23.7 Å². The van der Waals surface area contributed by atoms with E-state index in [0.29, 0.717) is 17.1 Å². The molecule has 2 aromatic carbocycles. The standard InChI is InChI=1S/C22H19ClN2O3/c1-4-10-28-21-19(23)12-16(13-20(21)27-3)11-18(14-24)22(26)25-15(2)17-8-6-5-7-9-17/h1,5-9,11-13,15H,10H2,2-3H3,(H,25,26)/b18-11-/t15-/m1/s1. The van der Waals surface area contributed by atoms with Gasteiger partial charge < -0.3 is 14.8 Å². The Kier molecular flexibility index (Phi) is 7.51. The van der Waals surface area contributed by atoms with Gasteiger partial charge in [-0.1, -0.05) is 47.9 Å². The Morgan fingerprint density at radius 2 is 2.07 bits per heavy atom. The van der Waals surface area contributed by atoms with Crippen molar-refractivity contribution in [1.82, 2.24) is 5.32 Å². The number of methoxy groups -OCH3 is 1. The van der Waals surface area contributed by atoms with E-state index in [4.69, 9.17) is 27.5 Å². The van der Waals surface area contributed by atoms with Gasteiger partial charge in [0.2, 0.25) is 0 Å². The van der Waals surface area contributed by atoms with E-state index in [0.717, 1.165) is 5.56 Å². The van der Waals surface area contributed by atoms with Gasteiger partial charge in [0.1, 0.15) is 18.2 Å². The van der Waals surface area contributed by atoms with Crippen molar-refractivity contribution in [1.29, 1.82) is 5.26 Å². The smallest absolute Gasteiger partial charge is 0.262 e. The Bertz CT molecular complexity index is 956. The number of carbonyl (C=O) groups excluding carboxylic acids is 1. The van der Waals surface area contributed by atoms with Gasteiger partial charge in [-0.3, -0.25) is 4.79 Å². The van der Waals surface area contributed by atoms with Crippen LogP contribution in [0.5, 0.6) is 11.5 Å². The van der Waals surface area contributed by atoms with Crippen LogP contribution in [0.25, 0.3) is 6.08 Å². The van der Waals surface area contributed by atoms with Gasteiger partial charge in [-0.25, -0.2) is 0 Å². The van der Waals surface area contributed by atoms with Crippen molar-refractivity contribution >= 4 is 23.6 Å². The second kappa shape index (κ2) is 10.1. The minimum Gasteiger partial charge on any atom is -0.493 e. The lowest BCUT2D eigenvalue weighted by atomic mass is 10.1. The summed E-state index contributed by atoms with van der Waals surface area (Å²) >= 11 is 6.23. The van der Waals surface area contributed by atoms with Gasteiger partial charge in [-0.2, -0.15) is 5.26 Å². The Labute approximate surface area is 169 Å². The van der Waals surface area contributed by atoms with E-state index in [1.165, 1.54) is 13.2 Å². The zero-order valence-corrected chi connectivity index (χ0v) is 16.3. The highest BCUT2D eigenvalue weighted by atomic mass is 35.5. The summed E-state index contributed by atoms with van der Waals surface area (Å²) in [6.07, 6.45) is 6.63. The summed E-state index contributed by atoms with van der Waals surface area (Å²) in [7, 11) is 1.46. The van der Waals surface area contributed by atoms with E-state index >= 15 is 0 Å². The lowest BCUT2D eigenvalue weighted by Gasteiger charge is -2.14. The number of carbonyl (C=O) groups is 1. The second-order valence-electron chi connectivity index (χ2n) is 5.80. The van der Waals surface area contributed by atoms with Crippen LogP contribution in [-0.4, -0.2) is 19.6 Å². The molecule has 0 aliphatic rings. The second-order valence-corrected chi connectivity index (χ2v) is 6.21. The molecule has 0 saturated carbocycles. The first kappa shape index (κ1) is 20.9. The fourth-order valence-corrected chi connectivity index (χ4v) is 2.77. The summed E-state index contributed by atoms with van der Waals surface area (Å²) in [5.41, 5.74) is 1.40. The van der Waals surface area contributed by atoms with Crippen molar-refractivity contribution in [3.05, 3.63) is 64.2 Å². The summed E-state index contributed by atoms with van der Waals surface area (Å²) < 4.78 is 10.7. The molecule has 1 N–H and O–H groups in total. The van der Waals surface area contributed by atoms with E-state index in [9.17, 15) is 10.1 Å². The number of hydrogen-bond donors (Lipinski definition) is 1. The molecule has 0 aliphatic carbocycles. The molecule has 0 aliphatic heterocycles. The van der Waals surface area contributed by atoms with Gasteiger partial charge in [-0.15, -0.1) is 6.42 Å². The van der Waals surface area contributed by atoms with Crippen LogP contribution in [0.1, 0.15) is 24.1 Å². The van der Waals surface area contributed by atoms with E-state index in [1.807, 2.05) is 43.3 Å². The predicted molar refractivity (Wildman–Crippen MR) is 109 cm³/mol. The Morgan fingerprint density at radius 1 is 1.36 bits per heavy atom. The Hall–Kier alpha value is -3.41. The van der Waals surface area contributed by atoms with Gasteiger partial charge in [-0.05, 0) is 36.3 Å². The largest absolute Gasteiger partial charge is 0.493 e. The van der Waals surface area contributed by atoms with E-state index in [2.05, 4.69) is 11.2 Å². The first-order valence-corrected chi connectivity index (χ1v) is 8.79.